The third-order valence-electron chi connectivity index (χ3n) is 4.68. The molecule has 1 amide bonds. The molecule has 0 aromatic heterocycles. The normalized spacial score (nSPS) is 18.5. The second-order valence-corrected chi connectivity index (χ2v) is 6.68. The number of carbonyl (C=O) groups is 1. The molecule has 122 valence electrons. The van der Waals surface area contributed by atoms with Crippen LogP contribution >= 0.6 is 0 Å². The zero-order valence-corrected chi connectivity index (χ0v) is 13.9. The molecule has 1 fully saturated rings. The summed E-state index contributed by atoms with van der Waals surface area (Å²) in [5, 5.41) is 6.49. The molecule has 0 saturated carbocycles. The third-order valence-corrected chi connectivity index (χ3v) is 4.68. The van der Waals surface area contributed by atoms with Crippen molar-refractivity contribution in [3.8, 4) is 5.75 Å². The first-order valence-electron chi connectivity index (χ1n) is 8.14. The van der Waals surface area contributed by atoms with Crippen LogP contribution in [0.2, 0.25) is 0 Å². The molecule has 0 spiro atoms. The van der Waals surface area contributed by atoms with Crippen molar-refractivity contribution in [2.24, 2.45) is 5.41 Å². The van der Waals surface area contributed by atoms with E-state index in [4.69, 9.17) is 4.74 Å². The maximum absolute atomic E-state index is 12.2. The molecule has 1 atom stereocenters. The predicted molar refractivity (Wildman–Crippen MR) is 89.2 cm³/mol. The van der Waals surface area contributed by atoms with Gasteiger partial charge in [-0.2, -0.15) is 0 Å². The Morgan fingerprint density at radius 3 is 2.73 bits per heavy atom. The summed E-state index contributed by atoms with van der Waals surface area (Å²) in [5.74, 6) is 1.13. The SMILES string of the molecule is COc1ccccc1C(C)CC(=O)NCC1(C)CCNCC1. The quantitative estimate of drug-likeness (QED) is 0.849. The summed E-state index contributed by atoms with van der Waals surface area (Å²) >= 11 is 0. The van der Waals surface area contributed by atoms with Crippen LogP contribution in [0.1, 0.15) is 44.6 Å². The minimum Gasteiger partial charge on any atom is -0.496 e. The van der Waals surface area contributed by atoms with Gasteiger partial charge in [0.05, 0.1) is 7.11 Å². The van der Waals surface area contributed by atoms with E-state index in [0.29, 0.717) is 6.42 Å². The number of methoxy groups -OCH3 is 1. The summed E-state index contributed by atoms with van der Waals surface area (Å²) in [5.41, 5.74) is 1.32. The van der Waals surface area contributed by atoms with Crippen molar-refractivity contribution < 1.29 is 9.53 Å². The van der Waals surface area contributed by atoms with E-state index in [1.54, 1.807) is 7.11 Å². The summed E-state index contributed by atoms with van der Waals surface area (Å²) < 4.78 is 5.38. The lowest BCUT2D eigenvalue weighted by Crippen LogP contribution is -2.43. The van der Waals surface area contributed by atoms with Gasteiger partial charge in [0.1, 0.15) is 5.75 Å². The van der Waals surface area contributed by atoms with E-state index in [2.05, 4.69) is 24.5 Å². The van der Waals surface area contributed by atoms with Crippen molar-refractivity contribution in [2.45, 2.75) is 39.0 Å². The fraction of sp³-hybridized carbons (Fsp3) is 0.611. The van der Waals surface area contributed by atoms with Crippen molar-refractivity contribution in [3.05, 3.63) is 29.8 Å². The topological polar surface area (TPSA) is 50.4 Å². The molecule has 0 bridgehead atoms. The van der Waals surface area contributed by atoms with Gasteiger partial charge in [-0.3, -0.25) is 4.79 Å². The molecule has 0 aliphatic carbocycles. The van der Waals surface area contributed by atoms with Crippen molar-refractivity contribution in [2.75, 3.05) is 26.7 Å². The van der Waals surface area contributed by atoms with E-state index in [0.717, 1.165) is 43.8 Å². The fourth-order valence-electron chi connectivity index (χ4n) is 3.05. The molecular weight excluding hydrogens is 276 g/mol. The van der Waals surface area contributed by atoms with E-state index in [1.165, 1.54) is 0 Å². The highest BCUT2D eigenvalue weighted by atomic mass is 16.5. The molecule has 1 heterocycles. The maximum atomic E-state index is 12.2. The van der Waals surface area contributed by atoms with Crippen LogP contribution in [0.4, 0.5) is 0 Å². The summed E-state index contributed by atoms with van der Waals surface area (Å²) in [7, 11) is 1.67. The van der Waals surface area contributed by atoms with Gasteiger partial charge in [0.25, 0.3) is 0 Å². The fourth-order valence-corrected chi connectivity index (χ4v) is 3.05. The van der Waals surface area contributed by atoms with Gasteiger partial charge in [-0.05, 0) is 48.9 Å². The summed E-state index contributed by atoms with van der Waals surface area (Å²) in [6.07, 6.45) is 2.74. The van der Waals surface area contributed by atoms with Crippen LogP contribution in [0, 0.1) is 5.41 Å². The molecule has 1 unspecified atom stereocenters. The molecule has 1 saturated heterocycles. The first kappa shape index (κ1) is 16.8. The molecule has 1 aliphatic rings. The van der Waals surface area contributed by atoms with Crippen molar-refractivity contribution in [3.63, 3.8) is 0 Å². The number of nitrogens with one attached hydrogen (secondary N) is 2. The number of rotatable bonds is 6. The molecule has 22 heavy (non-hydrogen) atoms. The van der Waals surface area contributed by atoms with Gasteiger partial charge in [0.2, 0.25) is 5.91 Å². The van der Waals surface area contributed by atoms with Crippen LogP contribution in [0.3, 0.4) is 0 Å². The Hall–Kier alpha value is -1.55. The van der Waals surface area contributed by atoms with E-state index < -0.39 is 0 Å². The van der Waals surface area contributed by atoms with Gasteiger partial charge >= 0.3 is 0 Å². The van der Waals surface area contributed by atoms with Crippen molar-refractivity contribution in [1.29, 1.82) is 0 Å². The zero-order valence-electron chi connectivity index (χ0n) is 13.9. The van der Waals surface area contributed by atoms with Crippen LogP contribution in [0.25, 0.3) is 0 Å². The smallest absolute Gasteiger partial charge is 0.220 e. The van der Waals surface area contributed by atoms with Gasteiger partial charge in [0.15, 0.2) is 0 Å². The Bertz CT molecular complexity index is 496. The molecular formula is C18H28N2O2. The minimum atomic E-state index is 0.123. The number of hydrogen-bond acceptors (Lipinski definition) is 3. The second kappa shape index (κ2) is 7.63. The number of piperidine rings is 1. The highest BCUT2D eigenvalue weighted by molar-refractivity contribution is 5.77. The van der Waals surface area contributed by atoms with Crippen LogP contribution in [-0.4, -0.2) is 32.7 Å². The van der Waals surface area contributed by atoms with E-state index in [-0.39, 0.29) is 17.2 Å². The third kappa shape index (κ3) is 4.47. The minimum absolute atomic E-state index is 0.123. The van der Waals surface area contributed by atoms with Gasteiger partial charge in [-0.15, -0.1) is 0 Å². The van der Waals surface area contributed by atoms with E-state index in [9.17, 15) is 4.79 Å². The van der Waals surface area contributed by atoms with Crippen LogP contribution in [0.15, 0.2) is 24.3 Å². The summed E-state index contributed by atoms with van der Waals surface area (Å²) in [6.45, 7) is 7.20. The highest BCUT2D eigenvalue weighted by Crippen LogP contribution is 2.29. The standard InChI is InChI=1S/C18H28N2O2/c1-14(15-6-4-5-7-16(15)22-3)12-17(21)20-13-18(2)8-10-19-11-9-18/h4-7,14,19H,8-13H2,1-3H3,(H,20,21). The van der Waals surface area contributed by atoms with Gasteiger partial charge in [-0.25, -0.2) is 0 Å². The van der Waals surface area contributed by atoms with E-state index >= 15 is 0 Å². The Morgan fingerprint density at radius 2 is 2.05 bits per heavy atom. The number of hydrogen-bond donors (Lipinski definition) is 2. The molecule has 1 aliphatic heterocycles. The van der Waals surface area contributed by atoms with Gasteiger partial charge in [-0.1, -0.05) is 32.0 Å². The lowest BCUT2D eigenvalue weighted by molar-refractivity contribution is -0.122. The Labute approximate surface area is 133 Å². The number of para-hydroxylation sites is 1. The summed E-state index contributed by atoms with van der Waals surface area (Å²) in [6, 6.07) is 7.92. The Morgan fingerprint density at radius 1 is 1.36 bits per heavy atom. The van der Waals surface area contributed by atoms with Crippen molar-refractivity contribution in [1.82, 2.24) is 10.6 Å². The zero-order chi connectivity index (χ0) is 16.0. The Balaban J connectivity index is 1.86. The molecule has 4 heteroatoms. The van der Waals surface area contributed by atoms with Crippen LogP contribution in [-0.2, 0) is 4.79 Å². The molecule has 1 aromatic rings. The van der Waals surface area contributed by atoms with E-state index in [1.807, 2.05) is 24.3 Å². The Kier molecular flexibility index (Phi) is 5.83. The lowest BCUT2D eigenvalue weighted by atomic mass is 9.81. The van der Waals surface area contributed by atoms with Crippen molar-refractivity contribution >= 4 is 5.91 Å². The number of benzene rings is 1. The molecule has 1 aromatic carbocycles. The van der Waals surface area contributed by atoms with Crippen LogP contribution in [0.5, 0.6) is 5.75 Å². The average Bonchev–Trinajstić information content (AvgIpc) is 2.53. The van der Waals surface area contributed by atoms with Gasteiger partial charge in [0, 0.05) is 13.0 Å². The number of carbonyl (C=O) groups excluding carboxylic acids is 1. The lowest BCUT2D eigenvalue weighted by Gasteiger charge is -2.34. The predicted octanol–water partition coefficient (Wildman–Crippen LogP) is 2.69. The second-order valence-electron chi connectivity index (χ2n) is 6.68. The summed E-state index contributed by atoms with van der Waals surface area (Å²) in [4.78, 5) is 12.2. The highest BCUT2D eigenvalue weighted by Gasteiger charge is 2.27. The molecule has 2 rings (SSSR count). The average molecular weight is 304 g/mol. The number of ether oxygens (including phenoxy) is 1. The molecule has 4 nitrogen and oxygen atoms in total. The largest absolute Gasteiger partial charge is 0.496 e. The monoisotopic (exact) mass is 304 g/mol. The van der Waals surface area contributed by atoms with Crippen LogP contribution < -0.4 is 15.4 Å². The molecule has 2 N–H and O–H groups in total. The first-order valence-corrected chi connectivity index (χ1v) is 8.14. The number of amides is 1. The maximum Gasteiger partial charge on any atom is 0.220 e. The first-order chi connectivity index (χ1) is 10.5. The molecule has 0 radical (unpaired) electrons. The van der Waals surface area contributed by atoms with Gasteiger partial charge < -0.3 is 15.4 Å².